The number of fused-ring (bicyclic) bond motifs is 2. The molecule has 2 aliphatic heterocycles. The van der Waals surface area contributed by atoms with Crippen molar-refractivity contribution in [3.05, 3.63) is 64.7 Å². The average molecular weight is 472 g/mol. The van der Waals surface area contributed by atoms with Gasteiger partial charge >= 0.3 is 0 Å². The van der Waals surface area contributed by atoms with E-state index >= 15 is 0 Å². The van der Waals surface area contributed by atoms with Gasteiger partial charge in [-0.3, -0.25) is 19.3 Å². The first-order valence-electron chi connectivity index (χ1n) is 10.7. The zero-order valence-corrected chi connectivity index (χ0v) is 19.1. The molecular formula is C23H25N3O6S. The number of methoxy groups -OCH3 is 1. The number of ether oxygens (including phenoxy) is 1. The highest BCUT2D eigenvalue weighted by Crippen LogP contribution is 2.25. The number of imide groups is 1. The van der Waals surface area contributed by atoms with E-state index in [1.807, 2.05) is 18.2 Å². The summed E-state index contributed by atoms with van der Waals surface area (Å²) >= 11 is 0. The molecule has 2 heterocycles. The SMILES string of the molecule is COc1ccc2c(c1)CCN(S(=O)(=O)CCNC(=O)CCN1C(=O)c3ccccc3C1=O)C2. The third kappa shape index (κ3) is 4.76. The number of hydrogen-bond acceptors (Lipinski definition) is 6. The quantitative estimate of drug-likeness (QED) is 0.579. The molecule has 0 saturated carbocycles. The van der Waals surface area contributed by atoms with Gasteiger partial charge in [-0.05, 0) is 41.8 Å². The van der Waals surface area contributed by atoms with Gasteiger partial charge in [-0.15, -0.1) is 0 Å². The molecular weight excluding hydrogens is 446 g/mol. The van der Waals surface area contributed by atoms with Gasteiger partial charge in [-0.25, -0.2) is 8.42 Å². The molecule has 0 radical (unpaired) electrons. The van der Waals surface area contributed by atoms with Crippen molar-refractivity contribution in [2.75, 3.05) is 32.5 Å². The second-order valence-corrected chi connectivity index (χ2v) is 10.0. The highest BCUT2D eigenvalue weighted by atomic mass is 32.2. The summed E-state index contributed by atoms with van der Waals surface area (Å²) in [7, 11) is -1.96. The predicted molar refractivity (Wildman–Crippen MR) is 120 cm³/mol. The topological polar surface area (TPSA) is 113 Å². The van der Waals surface area contributed by atoms with E-state index in [9.17, 15) is 22.8 Å². The summed E-state index contributed by atoms with van der Waals surface area (Å²) in [4.78, 5) is 37.9. The molecule has 2 aromatic carbocycles. The van der Waals surface area contributed by atoms with Crippen LogP contribution in [0, 0.1) is 0 Å². The third-order valence-electron chi connectivity index (χ3n) is 5.91. The fourth-order valence-electron chi connectivity index (χ4n) is 4.06. The first-order chi connectivity index (χ1) is 15.8. The first kappa shape index (κ1) is 22.9. The number of nitrogens with one attached hydrogen (secondary N) is 1. The Bertz CT molecular complexity index is 1180. The minimum absolute atomic E-state index is 0.0464. The molecule has 1 N–H and O–H groups in total. The molecule has 9 nitrogen and oxygen atoms in total. The number of carbonyl (C=O) groups is 3. The van der Waals surface area contributed by atoms with Crippen molar-refractivity contribution in [1.82, 2.24) is 14.5 Å². The van der Waals surface area contributed by atoms with Crippen LogP contribution in [0.5, 0.6) is 5.75 Å². The summed E-state index contributed by atoms with van der Waals surface area (Å²) < 4.78 is 32.1. The van der Waals surface area contributed by atoms with Crippen LogP contribution >= 0.6 is 0 Å². The Kier molecular flexibility index (Phi) is 6.48. The molecule has 0 fully saturated rings. The molecule has 2 aromatic rings. The molecule has 33 heavy (non-hydrogen) atoms. The molecule has 3 amide bonds. The van der Waals surface area contributed by atoms with Crippen LogP contribution in [0.2, 0.25) is 0 Å². The maximum Gasteiger partial charge on any atom is 0.261 e. The fraction of sp³-hybridized carbons (Fsp3) is 0.348. The van der Waals surface area contributed by atoms with Crippen LogP contribution in [0.15, 0.2) is 42.5 Å². The van der Waals surface area contributed by atoms with Crippen LogP contribution in [-0.4, -0.2) is 67.8 Å². The summed E-state index contributed by atoms with van der Waals surface area (Å²) in [6, 6.07) is 12.1. The molecule has 0 saturated heterocycles. The second-order valence-electron chi connectivity index (χ2n) is 7.94. The zero-order chi connectivity index (χ0) is 23.6. The fourth-order valence-corrected chi connectivity index (χ4v) is 5.38. The smallest absolute Gasteiger partial charge is 0.261 e. The van der Waals surface area contributed by atoms with Crippen molar-refractivity contribution in [1.29, 1.82) is 0 Å². The van der Waals surface area contributed by atoms with Crippen LogP contribution < -0.4 is 10.1 Å². The standard InChI is InChI=1S/C23H25N3O6S/c1-32-18-7-6-17-15-25(11-8-16(17)14-18)33(30,31)13-10-24-21(27)9-12-26-22(28)19-4-2-3-5-20(19)23(26)29/h2-7,14H,8-13,15H2,1H3,(H,24,27). The first-order valence-corrected chi connectivity index (χ1v) is 12.3. The van der Waals surface area contributed by atoms with Crippen LogP contribution in [-0.2, 0) is 27.8 Å². The minimum atomic E-state index is -3.55. The Morgan fingerprint density at radius 2 is 1.76 bits per heavy atom. The largest absolute Gasteiger partial charge is 0.497 e. The Morgan fingerprint density at radius 1 is 1.06 bits per heavy atom. The summed E-state index contributed by atoms with van der Waals surface area (Å²) in [5.41, 5.74) is 2.67. The molecule has 0 bridgehead atoms. The van der Waals surface area contributed by atoms with Crippen molar-refractivity contribution in [3.63, 3.8) is 0 Å². The second kappa shape index (κ2) is 9.32. The van der Waals surface area contributed by atoms with Crippen molar-refractivity contribution >= 4 is 27.7 Å². The van der Waals surface area contributed by atoms with Crippen LogP contribution in [0.4, 0.5) is 0 Å². The Morgan fingerprint density at radius 3 is 2.42 bits per heavy atom. The number of carbonyl (C=O) groups excluding carboxylic acids is 3. The molecule has 0 unspecified atom stereocenters. The van der Waals surface area contributed by atoms with Gasteiger partial charge in [0, 0.05) is 32.6 Å². The van der Waals surface area contributed by atoms with Crippen LogP contribution in [0.25, 0.3) is 0 Å². The van der Waals surface area contributed by atoms with Crippen molar-refractivity contribution in [2.45, 2.75) is 19.4 Å². The summed E-state index contributed by atoms with van der Waals surface area (Å²) in [6.07, 6.45) is 0.503. The van der Waals surface area contributed by atoms with Crippen LogP contribution in [0.3, 0.4) is 0 Å². The third-order valence-corrected chi connectivity index (χ3v) is 7.73. The number of benzene rings is 2. The van der Waals surface area contributed by atoms with Gasteiger partial charge in [-0.1, -0.05) is 18.2 Å². The van der Waals surface area contributed by atoms with E-state index in [1.165, 1.54) is 4.31 Å². The molecule has 0 atom stereocenters. The number of rotatable bonds is 8. The van der Waals surface area contributed by atoms with Crippen molar-refractivity contribution < 1.29 is 27.5 Å². The normalized spacial score (nSPS) is 15.8. The number of sulfonamides is 1. The lowest BCUT2D eigenvalue weighted by Gasteiger charge is -2.28. The summed E-state index contributed by atoms with van der Waals surface area (Å²) in [5.74, 6) is -0.744. The van der Waals surface area contributed by atoms with Gasteiger partial charge in [0.15, 0.2) is 0 Å². The van der Waals surface area contributed by atoms with Crippen molar-refractivity contribution in [3.8, 4) is 5.75 Å². The van der Waals surface area contributed by atoms with E-state index in [0.717, 1.165) is 21.8 Å². The summed E-state index contributed by atoms with van der Waals surface area (Å²) in [6.45, 7) is 0.554. The lowest BCUT2D eigenvalue weighted by molar-refractivity contribution is -0.121. The predicted octanol–water partition coefficient (Wildman–Crippen LogP) is 1.19. The van der Waals surface area contributed by atoms with E-state index in [1.54, 1.807) is 31.4 Å². The van der Waals surface area contributed by atoms with Gasteiger partial charge in [-0.2, -0.15) is 4.31 Å². The number of hydrogen-bond donors (Lipinski definition) is 1. The van der Waals surface area contributed by atoms with Gasteiger partial charge in [0.05, 0.1) is 24.0 Å². The minimum Gasteiger partial charge on any atom is -0.497 e. The molecule has 10 heteroatoms. The molecule has 4 rings (SSSR count). The number of nitrogens with zero attached hydrogens (tertiary/aromatic N) is 2. The zero-order valence-electron chi connectivity index (χ0n) is 18.2. The number of amides is 3. The lowest BCUT2D eigenvalue weighted by atomic mass is 10.0. The lowest BCUT2D eigenvalue weighted by Crippen LogP contribution is -2.41. The summed E-state index contributed by atoms with van der Waals surface area (Å²) in [5, 5.41) is 2.58. The average Bonchev–Trinajstić information content (AvgIpc) is 3.06. The maximum absolute atomic E-state index is 12.7. The van der Waals surface area contributed by atoms with E-state index < -0.39 is 27.7 Å². The highest BCUT2D eigenvalue weighted by Gasteiger charge is 2.35. The van der Waals surface area contributed by atoms with E-state index in [-0.39, 0.29) is 31.8 Å². The Balaban J connectivity index is 1.25. The molecule has 174 valence electrons. The molecule has 0 aromatic heterocycles. The Labute approximate surface area is 192 Å². The van der Waals surface area contributed by atoms with E-state index in [2.05, 4.69) is 5.32 Å². The van der Waals surface area contributed by atoms with Gasteiger partial charge < -0.3 is 10.1 Å². The van der Waals surface area contributed by atoms with Gasteiger partial charge in [0.1, 0.15) is 5.75 Å². The maximum atomic E-state index is 12.7. The van der Waals surface area contributed by atoms with E-state index in [4.69, 9.17) is 4.74 Å². The van der Waals surface area contributed by atoms with Crippen LogP contribution in [0.1, 0.15) is 38.3 Å². The van der Waals surface area contributed by atoms with E-state index in [0.29, 0.717) is 24.1 Å². The van der Waals surface area contributed by atoms with Crippen molar-refractivity contribution in [2.24, 2.45) is 0 Å². The Hall–Kier alpha value is -3.24. The molecule has 2 aliphatic rings. The van der Waals surface area contributed by atoms with Gasteiger partial charge in [0.2, 0.25) is 15.9 Å². The van der Waals surface area contributed by atoms with Gasteiger partial charge in [0.25, 0.3) is 11.8 Å². The molecule has 0 spiro atoms. The highest BCUT2D eigenvalue weighted by molar-refractivity contribution is 7.89. The molecule has 0 aliphatic carbocycles. The monoisotopic (exact) mass is 471 g/mol.